The van der Waals surface area contributed by atoms with Crippen molar-refractivity contribution in [2.45, 2.75) is 0 Å². The molecule has 0 fully saturated rings. The molecule has 2 heterocycles. The van der Waals surface area contributed by atoms with Gasteiger partial charge in [0.05, 0.1) is 17.4 Å². The molecule has 0 aliphatic rings. The fourth-order valence-electron chi connectivity index (χ4n) is 2.53. The highest BCUT2D eigenvalue weighted by atomic mass is 79.9. The molecule has 1 amide bonds. The quantitative estimate of drug-likeness (QED) is 0.514. The van der Waals surface area contributed by atoms with Gasteiger partial charge in [0.1, 0.15) is 12.1 Å². The number of nitrogens with two attached hydrogens (primary N) is 1. The van der Waals surface area contributed by atoms with Crippen molar-refractivity contribution in [2.24, 2.45) is 0 Å². The van der Waals surface area contributed by atoms with Gasteiger partial charge in [-0.1, -0.05) is 34.1 Å². The molecule has 0 atom stereocenters. The van der Waals surface area contributed by atoms with Gasteiger partial charge in [0.2, 0.25) is 5.89 Å². The summed E-state index contributed by atoms with van der Waals surface area (Å²) >= 11 is 3.35. The molecular formula is C19H14BrN5O2. The van der Waals surface area contributed by atoms with Gasteiger partial charge < -0.3 is 15.5 Å². The Bertz CT molecular complexity index is 1090. The number of amides is 1. The molecule has 0 saturated heterocycles. The standard InChI is InChI=1S/C19H14BrN5O2/c20-12-6-8-13(9-7-12)23-18(26)16-11-27-19(24-16)15-10-22-25(17(15)21)14-4-2-1-3-5-14/h1-11H,21H2,(H,23,26). The number of halogens is 1. The smallest absolute Gasteiger partial charge is 0.277 e. The summed E-state index contributed by atoms with van der Waals surface area (Å²) in [6.07, 6.45) is 2.85. The molecule has 4 aromatic rings. The summed E-state index contributed by atoms with van der Waals surface area (Å²) in [5.74, 6) is 0.236. The second kappa shape index (κ2) is 7.08. The number of aromatic nitrogens is 3. The van der Waals surface area contributed by atoms with Crippen molar-refractivity contribution < 1.29 is 9.21 Å². The van der Waals surface area contributed by atoms with Crippen molar-refractivity contribution in [3.8, 4) is 17.1 Å². The van der Waals surface area contributed by atoms with Gasteiger partial charge in [-0.25, -0.2) is 9.67 Å². The Kier molecular flexibility index (Phi) is 4.47. The van der Waals surface area contributed by atoms with E-state index in [-0.39, 0.29) is 17.5 Å². The van der Waals surface area contributed by atoms with E-state index in [1.165, 1.54) is 6.26 Å². The SMILES string of the molecule is Nc1c(-c2nc(C(=O)Nc3ccc(Br)cc3)co2)cnn1-c1ccccc1. The van der Waals surface area contributed by atoms with Crippen LogP contribution in [0.5, 0.6) is 0 Å². The molecule has 0 radical (unpaired) electrons. The molecule has 2 aromatic heterocycles. The Labute approximate surface area is 163 Å². The molecular weight excluding hydrogens is 410 g/mol. The molecule has 0 aliphatic heterocycles. The summed E-state index contributed by atoms with van der Waals surface area (Å²) in [6.45, 7) is 0. The highest BCUT2D eigenvalue weighted by molar-refractivity contribution is 9.10. The summed E-state index contributed by atoms with van der Waals surface area (Å²) in [4.78, 5) is 16.6. The molecule has 134 valence electrons. The fraction of sp³-hybridized carbons (Fsp3) is 0. The summed E-state index contributed by atoms with van der Waals surface area (Å²) in [5.41, 5.74) is 8.33. The summed E-state index contributed by atoms with van der Waals surface area (Å²) in [7, 11) is 0. The maximum absolute atomic E-state index is 12.4. The molecule has 0 bridgehead atoms. The minimum Gasteiger partial charge on any atom is -0.443 e. The number of oxazole rings is 1. The van der Waals surface area contributed by atoms with Crippen LogP contribution in [0.1, 0.15) is 10.5 Å². The number of nitrogens with one attached hydrogen (secondary N) is 1. The average molecular weight is 424 g/mol. The van der Waals surface area contributed by atoms with Crippen LogP contribution in [0, 0.1) is 0 Å². The van der Waals surface area contributed by atoms with E-state index in [9.17, 15) is 4.79 Å². The van der Waals surface area contributed by atoms with Crippen molar-refractivity contribution in [3.63, 3.8) is 0 Å². The number of para-hydroxylation sites is 1. The number of carbonyl (C=O) groups is 1. The van der Waals surface area contributed by atoms with Crippen LogP contribution >= 0.6 is 15.9 Å². The van der Waals surface area contributed by atoms with Gasteiger partial charge in [0, 0.05) is 10.2 Å². The van der Waals surface area contributed by atoms with E-state index in [1.807, 2.05) is 42.5 Å². The molecule has 0 aliphatic carbocycles. The predicted molar refractivity (Wildman–Crippen MR) is 106 cm³/mol. The molecule has 4 rings (SSSR count). The lowest BCUT2D eigenvalue weighted by molar-refractivity contribution is 0.102. The topological polar surface area (TPSA) is 99.0 Å². The maximum Gasteiger partial charge on any atom is 0.277 e. The lowest BCUT2D eigenvalue weighted by Gasteiger charge is -2.03. The first-order chi connectivity index (χ1) is 13.1. The number of nitrogens with zero attached hydrogens (tertiary/aromatic N) is 3. The van der Waals surface area contributed by atoms with Crippen LogP contribution in [0.15, 0.2) is 75.9 Å². The zero-order valence-electron chi connectivity index (χ0n) is 14.0. The number of carbonyl (C=O) groups excluding carboxylic acids is 1. The third-order valence-electron chi connectivity index (χ3n) is 3.88. The number of hydrogen-bond acceptors (Lipinski definition) is 5. The van der Waals surface area contributed by atoms with Gasteiger partial charge in [-0.15, -0.1) is 0 Å². The first-order valence-electron chi connectivity index (χ1n) is 8.03. The Morgan fingerprint density at radius 3 is 2.59 bits per heavy atom. The van der Waals surface area contributed by atoms with E-state index >= 15 is 0 Å². The monoisotopic (exact) mass is 423 g/mol. The molecule has 27 heavy (non-hydrogen) atoms. The number of hydrogen-bond donors (Lipinski definition) is 2. The van der Waals surface area contributed by atoms with Crippen LogP contribution in [-0.4, -0.2) is 20.7 Å². The number of nitrogen functional groups attached to an aromatic ring is 1. The molecule has 8 heteroatoms. The van der Waals surface area contributed by atoms with Crippen LogP contribution in [0.3, 0.4) is 0 Å². The maximum atomic E-state index is 12.4. The third kappa shape index (κ3) is 3.47. The zero-order valence-corrected chi connectivity index (χ0v) is 15.6. The van der Waals surface area contributed by atoms with E-state index in [4.69, 9.17) is 10.2 Å². The van der Waals surface area contributed by atoms with Crippen molar-refractivity contribution in [2.75, 3.05) is 11.1 Å². The van der Waals surface area contributed by atoms with Crippen LogP contribution in [0.4, 0.5) is 11.5 Å². The van der Waals surface area contributed by atoms with Gasteiger partial charge >= 0.3 is 0 Å². The Hall–Kier alpha value is -3.39. The van der Waals surface area contributed by atoms with E-state index < -0.39 is 0 Å². The minimum absolute atomic E-state index is 0.153. The fourth-order valence-corrected chi connectivity index (χ4v) is 2.79. The first-order valence-corrected chi connectivity index (χ1v) is 8.83. The van der Waals surface area contributed by atoms with E-state index in [1.54, 1.807) is 23.0 Å². The molecule has 0 saturated carbocycles. The van der Waals surface area contributed by atoms with Crippen LogP contribution in [0.2, 0.25) is 0 Å². The third-order valence-corrected chi connectivity index (χ3v) is 4.41. The van der Waals surface area contributed by atoms with E-state index in [0.29, 0.717) is 17.1 Å². The number of rotatable bonds is 4. The minimum atomic E-state index is -0.374. The van der Waals surface area contributed by atoms with Gasteiger partial charge in [-0.2, -0.15) is 5.10 Å². The molecule has 3 N–H and O–H groups in total. The summed E-state index contributed by atoms with van der Waals surface area (Å²) in [6, 6.07) is 16.7. The van der Waals surface area contributed by atoms with Gasteiger partial charge in [-0.3, -0.25) is 4.79 Å². The first kappa shape index (κ1) is 17.0. The van der Waals surface area contributed by atoms with E-state index in [2.05, 4.69) is 31.3 Å². The number of benzene rings is 2. The lowest BCUT2D eigenvalue weighted by atomic mass is 10.3. The molecule has 0 spiro atoms. The normalized spacial score (nSPS) is 10.7. The summed E-state index contributed by atoms with van der Waals surface area (Å²) < 4.78 is 7.96. The highest BCUT2D eigenvalue weighted by Crippen LogP contribution is 2.27. The highest BCUT2D eigenvalue weighted by Gasteiger charge is 2.18. The largest absolute Gasteiger partial charge is 0.443 e. The Balaban J connectivity index is 1.57. The van der Waals surface area contributed by atoms with Crippen molar-refractivity contribution in [3.05, 3.63) is 77.2 Å². The van der Waals surface area contributed by atoms with Crippen LogP contribution < -0.4 is 11.1 Å². The summed E-state index contributed by atoms with van der Waals surface area (Å²) in [5, 5.41) is 7.04. The molecule has 7 nitrogen and oxygen atoms in total. The van der Waals surface area contributed by atoms with Crippen LogP contribution in [0.25, 0.3) is 17.1 Å². The van der Waals surface area contributed by atoms with Gasteiger partial charge in [0.15, 0.2) is 5.69 Å². The number of anilines is 2. The molecule has 2 aromatic carbocycles. The zero-order chi connectivity index (χ0) is 18.8. The van der Waals surface area contributed by atoms with Crippen molar-refractivity contribution >= 4 is 33.3 Å². The van der Waals surface area contributed by atoms with E-state index in [0.717, 1.165) is 10.2 Å². The van der Waals surface area contributed by atoms with Gasteiger partial charge in [0.25, 0.3) is 5.91 Å². The second-order valence-corrected chi connectivity index (χ2v) is 6.61. The average Bonchev–Trinajstić information content (AvgIpc) is 3.31. The molecule has 0 unspecified atom stereocenters. The predicted octanol–water partition coefficient (Wildman–Crippen LogP) is 4.12. The van der Waals surface area contributed by atoms with Crippen molar-refractivity contribution in [1.82, 2.24) is 14.8 Å². The van der Waals surface area contributed by atoms with Crippen LogP contribution in [-0.2, 0) is 0 Å². The Morgan fingerprint density at radius 2 is 1.85 bits per heavy atom. The van der Waals surface area contributed by atoms with Crippen molar-refractivity contribution in [1.29, 1.82) is 0 Å². The lowest BCUT2D eigenvalue weighted by Crippen LogP contribution is -2.12. The Morgan fingerprint density at radius 1 is 1.11 bits per heavy atom. The van der Waals surface area contributed by atoms with Gasteiger partial charge in [-0.05, 0) is 36.4 Å². The second-order valence-electron chi connectivity index (χ2n) is 5.69.